The van der Waals surface area contributed by atoms with Crippen LogP contribution in [0.2, 0.25) is 0 Å². The molecule has 2 N–H and O–H groups in total. The zero-order chi connectivity index (χ0) is 36.0. The fourth-order valence-corrected chi connectivity index (χ4v) is 11.6. The first kappa shape index (κ1) is 36.5. The molecule has 0 aromatic rings. The van der Waals surface area contributed by atoms with Crippen LogP contribution >= 0.6 is 0 Å². The van der Waals surface area contributed by atoms with E-state index in [1.54, 1.807) is 6.92 Å². The second-order valence-corrected chi connectivity index (χ2v) is 15.8. The molecule has 0 amide bonds. The highest BCUT2D eigenvalue weighted by Crippen LogP contribution is 2.74. The van der Waals surface area contributed by atoms with Gasteiger partial charge in [-0.2, -0.15) is 0 Å². The lowest BCUT2D eigenvalue weighted by molar-refractivity contribution is -0.222. The van der Waals surface area contributed by atoms with E-state index in [9.17, 15) is 34.2 Å². The molecule has 6 aliphatic rings. The minimum absolute atomic E-state index is 0.0481. The summed E-state index contributed by atoms with van der Waals surface area (Å²) >= 11 is 0. The molecule has 0 aromatic heterocycles. The number of aliphatic hydroxyl groups is 2. The maximum atomic E-state index is 14.3. The number of allylic oxidation sites excluding steroid dienone is 1. The predicted molar refractivity (Wildman–Crippen MR) is 171 cm³/mol. The van der Waals surface area contributed by atoms with Crippen molar-refractivity contribution < 1.29 is 53.1 Å². The highest BCUT2D eigenvalue weighted by molar-refractivity contribution is 5.87. The maximum absolute atomic E-state index is 14.3. The molecule has 17 atom stereocenters. The molecule has 11 heteroatoms. The zero-order valence-electron chi connectivity index (χ0n) is 30.1. The quantitative estimate of drug-likeness (QED) is 0.329. The Morgan fingerprint density at radius 3 is 1.96 bits per heavy atom. The predicted octanol–water partition coefficient (Wildman–Crippen LogP) is 4.01. The highest BCUT2D eigenvalue weighted by Gasteiger charge is 2.79. The van der Waals surface area contributed by atoms with Crippen LogP contribution in [0.1, 0.15) is 89.0 Å². The lowest BCUT2D eigenvalue weighted by Crippen LogP contribution is -2.66. The van der Waals surface area contributed by atoms with Crippen LogP contribution in [0.25, 0.3) is 0 Å². The number of fused-ring (bicyclic) bond motifs is 9. The summed E-state index contributed by atoms with van der Waals surface area (Å²) in [5.74, 6) is -6.77. The number of aliphatic hydroxyl groups excluding tert-OH is 1. The minimum atomic E-state index is -1.98. The number of carbonyl (C=O) groups is 5. The molecular formula is C37H54O11. The van der Waals surface area contributed by atoms with E-state index in [0.29, 0.717) is 18.6 Å². The Bertz CT molecular complexity index is 1400. The Balaban J connectivity index is 0.00000221. The smallest absolute Gasteiger partial charge is 0.343 e. The first-order valence-corrected chi connectivity index (χ1v) is 17.7. The van der Waals surface area contributed by atoms with Crippen molar-refractivity contribution in [1.82, 2.24) is 0 Å². The van der Waals surface area contributed by atoms with E-state index in [-0.39, 0.29) is 23.5 Å². The van der Waals surface area contributed by atoms with Crippen LogP contribution in [-0.2, 0) is 42.9 Å². The molecule has 1 heterocycles. The van der Waals surface area contributed by atoms with Crippen molar-refractivity contribution >= 4 is 29.7 Å². The Morgan fingerprint density at radius 1 is 0.833 bits per heavy atom. The lowest BCUT2D eigenvalue weighted by atomic mass is 9.45. The summed E-state index contributed by atoms with van der Waals surface area (Å²) in [6.07, 6.45) is -1.10. The van der Waals surface area contributed by atoms with Crippen molar-refractivity contribution in [2.24, 2.45) is 70.0 Å². The first-order valence-electron chi connectivity index (χ1n) is 17.7. The third-order valence-electron chi connectivity index (χ3n) is 13.7. The molecule has 13 unspecified atom stereocenters. The van der Waals surface area contributed by atoms with Gasteiger partial charge >= 0.3 is 23.9 Å². The number of ether oxygens (including phenoxy) is 4. The normalized spacial score (nSPS) is 50.1. The zero-order valence-corrected chi connectivity index (χ0v) is 30.1. The van der Waals surface area contributed by atoms with Gasteiger partial charge in [0.25, 0.3) is 0 Å². The fraction of sp³-hybridized carbons (Fsp3) is 0.811. The van der Waals surface area contributed by atoms with Gasteiger partial charge in [-0.1, -0.05) is 41.5 Å². The molecule has 268 valence electrons. The van der Waals surface area contributed by atoms with E-state index in [1.165, 1.54) is 27.7 Å². The van der Waals surface area contributed by atoms with Crippen molar-refractivity contribution in [3.63, 3.8) is 0 Å². The maximum Gasteiger partial charge on any atom is 0.343 e. The largest absolute Gasteiger partial charge is 0.462 e. The van der Waals surface area contributed by atoms with Crippen molar-refractivity contribution in [1.29, 1.82) is 0 Å². The van der Waals surface area contributed by atoms with Crippen molar-refractivity contribution in [2.45, 2.75) is 119 Å². The molecule has 0 aromatic carbocycles. The van der Waals surface area contributed by atoms with Crippen molar-refractivity contribution in [3.8, 4) is 0 Å². The van der Waals surface area contributed by atoms with Gasteiger partial charge in [-0.15, -0.1) is 0 Å². The van der Waals surface area contributed by atoms with Crippen LogP contribution in [0, 0.1) is 70.0 Å². The highest BCUT2D eigenvalue weighted by atomic mass is 16.6. The summed E-state index contributed by atoms with van der Waals surface area (Å²) in [4.78, 5) is 65.6. The van der Waals surface area contributed by atoms with Crippen LogP contribution in [0.4, 0.5) is 0 Å². The summed E-state index contributed by atoms with van der Waals surface area (Å²) in [6.45, 7) is 19.1. The van der Waals surface area contributed by atoms with Gasteiger partial charge in [0.2, 0.25) is 0 Å². The molecule has 11 nitrogen and oxygen atoms in total. The lowest BCUT2D eigenvalue weighted by Gasteiger charge is -2.61. The Morgan fingerprint density at radius 2 is 1.40 bits per heavy atom. The van der Waals surface area contributed by atoms with Gasteiger partial charge < -0.3 is 29.2 Å². The fourth-order valence-electron chi connectivity index (χ4n) is 11.6. The molecule has 1 aliphatic heterocycles. The van der Waals surface area contributed by atoms with Crippen LogP contribution in [0.3, 0.4) is 0 Å². The Kier molecular flexibility index (Phi) is 9.28. The number of esters is 4. The summed E-state index contributed by atoms with van der Waals surface area (Å²) in [7, 11) is 0. The summed E-state index contributed by atoms with van der Waals surface area (Å²) in [5, 5.41) is 23.9. The number of hydrogen-bond donors (Lipinski definition) is 2. The van der Waals surface area contributed by atoms with Gasteiger partial charge in [0, 0.05) is 55.8 Å². The molecule has 4 saturated carbocycles. The van der Waals surface area contributed by atoms with E-state index in [4.69, 9.17) is 18.9 Å². The Hall–Kier alpha value is -2.79. The van der Waals surface area contributed by atoms with Crippen LogP contribution in [0.5, 0.6) is 0 Å². The van der Waals surface area contributed by atoms with Crippen LogP contribution in [-0.4, -0.2) is 69.9 Å². The number of hydrogen-bond acceptors (Lipinski definition) is 11. The van der Waals surface area contributed by atoms with Gasteiger partial charge in [-0.25, -0.2) is 4.79 Å². The standard InChI is InChI=1S/C35H48O11.C2H6/c1-13-10-20-23(30(15(13)3)44-17(5)37)19-12-21(43-16(4)36)33(7)25-14(2)11-22-34(8,35(9,42)32(41)46-22)27(25)31(45-18(6)38)26(33)24(19)29(40)28(20)39;1-2/h11,13-15,19-21,23-27,29-31,40,42H,10,12H2,1-9H3;1-2H3/t13?,14?,15?,19?,20?,21?,23?,24?,25?,26?,27?,29-,30?,31?,33-,34+,35-;/m1./s1. The van der Waals surface area contributed by atoms with E-state index in [2.05, 4.69) is 0 Å². The second-order valence-electron chi connectivity index (χ2n) is 15.8. The third-order valence-corrected chi connectivity index (χ3v) is 13.7. The number of Topliss-reactive ketones (excluding diaryl/α,β-unsaturated/α-hetero) is 1. The summed E-state index contributed by atoms with van der Waals surface area (Å²) in [6, 6.07) is 0. The molecule has 0 spiro atoms. The molecule has 6 rings (SSSR count). The second kappa shape index (κ2) is 12.2. The SMILES string of the molecule is CC.CC(=O)OC1C(C)C(C)CC2C(=O)[C@H](O)C3C(CC(OC(C)=O)[C@@]4(C)C3C(OC(C)=O)C3C4C(C)C=C4OC(=O)[C@@](C)(O)[C@@]43C)C21. The molecule has 0 radical (unpaired) electrons. The van der Waals surface area contributed by atoms with Gasteiger partial charge in [0.1, 0.15) is 30.2 Å². The van der Waals surface area contributed by atoms with E-state index >= 15 is 0 Å². The summed E-state index contributed by atoms with van der Waals surface area (Å²) < 4.78 is 24.1. The number of carbonyl (C=O) groups excluding carboxylic acids is 5. The van der Waals surface area contributed by atoms with E-state index in [1.807, 2.05) is 47.6 Å². The molecule has 5 aliphatic carbocycles. The van der Waals surface area contributed by atoms with Gasteiger partial charge in [0.05, 0.1) is 5.41 Å². The topological polar surface area (TPSA) is 163 Å². The minimum Gasteiger partial charge on any atom is -0.462 e. The monoisotopic (exact) mass is 674 g/mol. The van der Waals surface area contributed by atoms with Gasteiger partial charge in [-0.05, 0) is 62.4 Å². The summed E-state index contributed by atoms with van der Waals surface area (Å²) in [5.41, 5.74) is -4.29. The van der Waals surface area contributed by atoms with E-state index < -0.39 is 106 Å². The van der Waals surface area contributed by atoms with E-state index in [0.717, 1.165) is 0 Å². The van der Waals surface area contributed by atoms with Crippen molar-refractivity contribution in [3.05, 3.63) is 11.8 Å². The molecule has 48 heavy (non-hydrogen) atoms. The average molecular weight is 675 g/mol. The molecule has 0 bridgehead atoms. The van der Waals surface area contributed by atoms with Gasteiger partial charge in [-0.3, -0.25) is 19.2 Å². The first-order chi connectivity index (χ1) is 22.3. The molecule has 1 saturated heterocycles. The van der Waals surface area contributed by atoms with Gasteiger partial charge in [0.15, 0.2) is 11.4 Å². The average Bonchev–Trinajstić information content (AvgIpc) is 3.35. The van der Waals surface area contributed by atoms with Crippen LogP contribution < -0.4 is 0 Å². The molecular weight excluding hydrogens is 620 g/mol. The number of rotatable bonds is 3. The van der Waals surface area contributed by atoms with Crippen LogP contribution in [0.15, 0.2) is 11.8 Å². The molecule has 5 fully saturated rings. The Labute approximate surface area is 283 Å². The van der Waals surface area contributed by atoms with Crippen molar-refractivity contribution in [2.75, 3.05) is 0 Å². The third kappa shape index (κ3) is 4.83. The number of ketones is 1.